The van der Waals surface area contributed by atoms with Gasteiger partial charge in [0, 0.05) is 5.39 Å². The van der Waals surface area contributed by atoms with Crippen molar-refractivity contribution in [2.24, 2.45) is 0 Å². The lowest BCUT2D eigenvalue weighted by atomic mass is 9.93. The summed E-state index contributed by atoms with van der Waals surface area (Å²) in [6.45, 7) is 10.7. The van der Waals surface area contributed by atoms with Crippen LogP contribution in [0.3, 0.4) is 0 Å². The van der Waals surface area contributed by atoms with E-state index in [0.717, 1.165) is 35.7 Å². The summed E-state index contributed by atoms with van der Waals surface area (Å²) >= 11 is 0. The molecule has 0 aliphatic rings. The Morgan fingerprint density at radius 2 is 1.83 bits per heavy atom. The Hall–Kier alpha value is -2.61. The topological polar surface area (TPSA) is 28.7 Å². The molecule has 0 unspecified atom stereocenters. The Kier molecular flexibility index (Phi) is 4.42. The Morgan fingerprint density at radius 3 is 2.65 bits per heavy atom. The Labute approximate surface area is 137 Å². The maximum Gasteiger partial charge on any atom is 0.0650 e. The number of allylic oxidation sites excluding steroid dienone is 2. The van der Waals surface area contributed by atoms with Gasteiger partial charge in [-0.3, -0.25) is 5.10 Å². The van der Waals surface area contributed by atoms with E-state index in [-0.39, 0.29) is 0 Å². The monoisotopic (exact) mass is 302 g/mol. The van der Waals surface area contributed by atoms with Crippen molar-refractivity contribution < 1.29 is 0 Å². The van der Waals surface area contributed by atoms with Crippen LogP contribution >= 0.6 is 0 Å². The average molecular weight is 302 g/mol. The first-order valence-electron chi connectivity index (χ1n) is 8.06. The minimum Gasteiger partial charge on any atom is -0.278 e. The molecule has 0 spiro atoms. The van der Waals surface area contributed by atoms with Crippen LogP contribution in [0.15, 0.2) is 61.8 Å². The van der Waals surface area contributed by atoms with Crippen molar-refractivity contribution in [3.8, 4) is 0 Å². The second-order valence-corrected chi connectivity index (χ2v) is 5.89. The average Bonchev–Trinajstić information content (AvgIpc) is 3.06. The molecule has 1 heterocycles. The van der Waals surface area contributed by atoms with Gasteiger partial charge in [-0.1, -0.05) is 50.4 Å². The summed E-state index contributed by atoms with van der Waals surface area (Å²) in [6, 6.07) is 14.8. The molecular formula is C21H22N2. The van der Waals surface area contributed by atoms with Crippen molar-refractivity contribution in [1.82, 2.24) is 10.2 Å². The fraction of sp³-hybridized carbons (Fsp3) is 0.190. The highest BCUT2D eigenvalue weighted by atomic mass is 15.1. The van der Waals surface area contributed by atoms with Crippen LogP contribution in [0.2, 0.25) is 0 Å². The van der Waals surface area contributed by atoms with Crippen LogP contribution in [0.1, 0.15) is 36.5 Å². The van der Waals surface area contributed by atoms with Gasteiger partial charge >= 0.3 is 0 Å². The highest BCUT2D eigenvalue weighted by molar-refractivity contribution is 5.83. The summed E-state index contributed by atoms with van der Waals surface area (Å²) in [5.74, 6) is 0. The molecule has 23 heavy (non-hydrogen) atoms. The van der Waals surface area contributed by atoms with Gasteiger partial charge in [-0.25, -0.2) is 0 Å². The number of hydrogen-bond acceptors (Lipinski definition) is 1. The number of H-pyrrole nitrogens is 1. The molecule has 0 amide bonds. The molecule has 2 aromatic carbocycles. The molecule has 0 fully saturated rings. The van der Waals surface area contributed by atoms with Gasteiger partial charge < -0.3 is 0 Å². The number of nitrogens with zero attached hydrogens (tertiary/aromatic N) is 1. The van der Waals surface area contributed by atoms with Crippen LogP contribution in [-0.2, 0) is 6.42 Å². The lowest BCUT2D eigenvalue weighted by Crippen LogP contribution is -1.92. The maximum atomic E-state index is 4.28. The number of aromatic nitrogens is 2. The van der Waals surface area contributed by atoms with E-state index in [0.29, 0.717) is 0 Å². The number of rotatable bonds is 6. The van der Waals surface area contributed by atoms with E-state index >= 15 is 0 Å². The Morgan fingerprint density at radius 1 is 1.04 bits per heavy atom. The summed E-state index contributed by atoms with van der Waals surface area (Å²) in [5.41, 5.74) is 7.21. The van der Waals surface area contributed by atoms with Crippen LogP contribution in [0.25, 0.3) is 22.0 Å². The van der Waals surface area contributed by atoms with E-state index in [1.54, 1.807) is 0 Å². The second kappa shape index (κ2) is 6.66. The van der Waals surface area contributed by atoms with Crippen molar-refractivity contribution in [3.63, 3.8) is 0 Å². The third-order valence-electron chi connectivity index (χ3n) is 4.36. The third kappa shape index (κ3) is 3.26. The van der Waals surface area contributed by atoms with E-state index in [1.807, 2.05) is 6.20 Å². The van der Waals surface area contributed by atoms with E-state index in [2.05, 4.69) is 72.7 Å². The first-order chi connectivity index (χ1) is 11.2. The largest absolute Gasteiger partial charge is 0.278 e. The van der Waals surface area contributed by atoms with Crippen molar-refractivity contribution >= 4 is 22.0 Å². The molecule has 0 atom stereocenters. The van der Waals surface area contributed by atoms with Crippen LogP contribution in [-0.4, -0.2) is 10.2 Å². The van der Waals surface area contributed by atoms with Crippen molar-refractivity contribution in [2.75, 3.05) is 0 Å². The zero-order chi connectivity index (χ0) is 16.2. The van der Waals surface area contributed by atoms with Crippen molar-refractivity contribution in [1.29, 1.82) is 0 Å². The number of aromatic amines is 1. The fourth-order valence-electron chi connectivity index (χ4n) is 2.92. The smallest absolute Gasteiger partial charge is 0.0650 e. The highest BCUT2D eigenvalue weighted by Crippen LogP contribution is 2.28. The van der Waals surface area contributed by atoms with Crippen LogP contribution in [0, 0.1) is 0 Å². The standard InChI is InChI=1S/C21H22N2/c1-4-17-7-5-6-8-20(17)16(3)10-9-15(2)18-11-12-21-19(13-18)14-22-23-21/h5-8,11-14H,2-4,9-10H2,1H3,(H,22,23). The first kappa shape index (κ1) is 15.3. The highest BCUT2D eigenvalue weighted by Gasteiger charge is 2.07. The molecule has 1 aromatic heterocycles. The second-order valence-electron chi connectivity index (χ2n) is 5.89. The van der Waals surface area contributed by atoms with E-state index < -0.39 is 0 Å². The Balaban J connectivity index is 1.69. The van der Waals surface area contributed by atoms with E-state index in [1.165, 1.54) is 22.3 Å². The van der Waals surface area contributed by atoms with E-state index in [9.17, 15) is 0 Å². The summed E-state index contributed by atoms with van der Waals surface area (Å²) < 4.78 is 0. The number of nitrogens with one attached hydrogen (secondary N) is 1. The van der Waals surface area contributed by atoms with Crippen LogP contribution in [0.5, 0.6) is 0 Å². The fourth-order valence-corrected chi connectivity index (χ4v) is 2.92. The third-order valence-corrected chi connectivity index (χ3v) is 4.36. The van der Waals surface area contributed by atoms with Gasteiger partial charge in [-0.15, -0.1) is 0 Å². The molecule has 0 aliphatic heterocycles. The molecule has 0 aliphatic carbocycles. The minimum atomic E-state index is 0.917. The number of fused-ring (bicyclic) bond motifs is 1. The first-order valence-corrected chi connectivity index (χ1v) is 8.06. The SMILES string of the molecule is C=C(CCC(=C)c1ccccc1CC)c1ccc2[nH]ncc2c1. The molecule has 1 N–H and O–H groups in total. The molecule has 2 heteroatoms. The van der Waals surface area contributed by atoms with Gasteiger partial charge in [-0.2, -0.15) is 5.10 Å². The molecule has 0 saturated carbocycles. The minimum absolute atomic E-state index is 0.917. The van der Waals surface area contributed by atoms with E-state index in [4.69, 9.17) is 0 Å². The zero-order valence-electron chi connectivity index (χ0n) is 13.6. The number of hydrogen-bond donors (Lipinski definition) is 1. The van der Waals surface area contributed by atoms with Crippen molar-refractivity contribution in [3.05, 3.63) is 78.5 Å². The maximum absolute atomic E-state index is 4.28. The lowest BCUT2D eigenvalue weighted by Gasteiger charge is -2.12. The lowest BCUT2D eigenvalue weighted by molar-refractivity contribution is 1.07. The van der Waals surface area contributed by atoms with Gasteiger partial charge in [0.2, 0.25) is 0 Å². The number of aryl methyl sites for hydroxylation is 1. The Bertz CT molecular complexity index is 855. The summed E-state index contributed by atoms with van der Waals surface area (Å²) in [7, 11) is 0. The quantitative estimate of drug-likeness (QED) is 0.628. The van der Waals surface area contributed by atoms with Crippen LogP contribution < -0.4 is 0 Å². The molecule has 3 rings (SSSR count). The predicted molar refractivity (Wildman–Crippen MR) is 99.2 cm³/mol. The van der Waals surface area contributed by atoms with Crippen molar-refractivity contribution in [2.45, 2.75) is 26.2 Å². The molecule has 116 valence electrons. The molecule has 0 bridgehead atoms. The normalized spacial score (nSPS) is 10.8. The van der Waals surface area contributed by atoms with Gasteiger partial charge in [0.1, 0.15) is 0 Å². The molecule has 2 nitrogen and oxygen atoms in total. The predicted octanol–water partition coefficient (Wildman–Crippen LogP) is 5.63. The van der Waals surface area contributed by atoms with Gasteiger partial charge in [0.15, 0.2) is 0 Å². The molecular weight excluding hydrogens is 280 g/mol. The van der Waals surface area contributed by atoms with Gasteiger partial charge in [0.25, 0.3) is 0 Å². The van der Waals surface area contributed by atoms with Gasteiger partial charge in [-0.05, 0) is 59.2 Å². The zero-order valence-corrected chi connectivity index (χ0v) is 13.6. The van der Waals surface area contributed by atoms with Gasteiger partial charge in [0.05, 0.1) is 11.7 Å². The van der Waals surface area contributed by atoms with Crippen LogP contribution in [0.4, 0.5) is 0 Å². The molecule has 3 aromatic rings. The summed E-state index contributed by atoms with van der Waals surface area (Å²) in [5, 5.41) is 8.17. The molecule has 0 radical (unpaired) electrons. The molecule has 0 saturated heterocycles. The number of benzene rings is 2. The summed E-state index contributed by atoms with van der Waals surface area (Å²) in [6.07, 6.45) is 4.73. The summed E-state index contributed by atoms with van der Waals surface area (Å²) in [4.78, 5) is 0.